The fourth-order valence-corrected chi connectivity index (χ4v) is 2.78. The van der Waals surface area contributed by atoms with E-state index in [1.54, 1.807) is 0 Å². The minimum atomic E-state index is -0.407. The summed E-state index contributed by atoms with van der Waals surface area (Å²) < 4.78 is 0. The van der Waals surface area contributed by atoms with E-state index in [2.05, 4.69) is 5.32 Å². The summed E-state index contributed by atoms with van der Waals surface area (Å²) in [6.45, 7) is 7.93. The second-order valence-corrected chi connectivity index (χ2v) is 6.20. The van der Waals surface area contributed by atoms with Gasteiger partial charge in [-0.3, -0.25) is 4.79 Å². The van der Waals surface area contributed by atoms with E-state index in [-0.39, 0.29) is 5.91 Å². The van der Waals surface area contributed by atoms with Gasteiger partial charge in [-0.1, -0.05) is 0 Å². The minimum absolute atomic E-state index is 0.214. The lowest BCUT2D eigenvalue weighted by atomic mass is 9.71. The van der Waals surface area contributed by atoms with E-state index in [1.165, 1.54) is 12.8 Å². The van der Waals surface area contributed by atoms with Crippen LogP contribution < -0.4 is 5.32 Å². The van der Waals surface area contributed by atoms with Crippen LogP contribution in [-0.2, 0) is 4.79 Å². The Labute approximate surface area is 103 Å². The summed E-state index contributed by atoms with van der Waals surface area (Å²) >= 11 is 5.83. The monoisotopic (exact) mass is 244 g/mol. The van der Waals surface area contributed by atoms with Crippen LogP contribution in [-0.4, -0.2) is 42.9 Å². The van der Waals surface area contributed by atoms with Crippen molar-refractivity contribution in [1.29, 1.82) is 0 Å². The van der Waals surface area contributed by atoms with E-state index in [0.717, 1.165) is 26.2 Å². The van der Waals surface area contributed by atoms with Gasteiger partial charge in [-0.05, 0) is 39.8 Å². The third kappa shape index (κ3) is 2.07. The van der Waals surface area contributed by atoms with Crippen LogP contribution in [0.2, 0.25) is 0 Å². The fourth-order valence-electron chi connectivity index (χ4n) is 2.67. The van der Waals surface area contributed by atoms with Crippen LogP contribution >= 0.6 is 11.6 Å². The molecule has 0 aromatic rings. The number of nitrogens with zero attached hydrogens (tertiary/aromatic N) is 1. The second-order valence-electron chi connectivity index (χ2n) is 5.93. The second kappa shape index (κ2) is 4.19. The number of carbonyl (C=O) groups excluding carboxylic acids is 1. The summed E-state index contributed by atoms with van der Waals surface area (Å²) in [4.78, 5) is 14.1. The van der Waals surface area contributed by atoms with Gasteiger partial charge in [0.1, 0.15) is 0 Å². The van der Waals surface area contributed by atoms with Gasteiger partial charge in [0.25, 0.3) is 0 Å². The topological polar surface area (TPSA) is 32.3 Å². The maximum atomic E-state index is 12.1. The molecule has 0 radical (unpaired) electrons. The minimum Gasteiger partial charge on any atom is -0.341 e. The van der Waals surface area contributed by atoms with Crippen molar-refractivity contribution in [2.45, 2.75) is 26.7 Å². The largest absolute Gasteiger partial charge is 0.341 e. The van der Waals surface area contributed by atoms with Gasteiger partial charge < -0.3 is 10.2 Å². The smallest absolute Gasteiger partial charge is 0.229 e. The fraction of sp³-hybridized carbons (Fsp3) is 0.917. The summed E-state index contributed by atoms with van der Waals surface area (Å²) in [7, 11) is 0. The maximum Gasteiger partial charge on any atom is 0.229 e. The first-order chi connectivity index (χ1) is 7.49. The zero-order valence-corrected chi connectivity index (χ0v) is 10.9. The Kier molecular flexibility index (Phi) is 3.19. The molecule has 1 N–H and O–H groups in total. The molecule has 2 saturated heterocycles. The lowest BCUT2D eigenvalue weighted by Gasteiger charge is -2.54. The van der Waals surface area contributed by atoms with Crippen molar-refractivity contribution in [3.63, 3.8) is 0 Å². The molecule has 16 heavy (non-hydrogen) atoms. The lowest BCUT2D eigenvalue weighted by molar-refractivity contribution is -0.153. The van der Waals surface area contributed by atoms with Crippen molar-refractivity contribution in [3.8, 4) is 0 Å². The highest BCUT2D eigenvalue weighted by Gasteiger charge is 2.47. The number of nitrogens with one attached hydrogen (secondary N) is 1. The molecular weight excluding hydrogens is 224 g/mol. The first-order valence-corrected chi connectivity index (χ1v) is 6.59. The van der Waals surface area contributed by atoms with Crippen LogP contribution in [0.15, 0.2) is 0 Å². The molecule has 2 aliphatic heterocycles. The van der Waals surface area contributed by atoms with Gasteiger partial charge in [0.2, 0.25) is 5.91 Å². The quantitative estimate of drug-likeness (QED) is 0.746. The third-order valence-electron chi connectivity index (χ3n) is 3.92. The van der Waals surface area contributed by atoms with Crippen molar-refractivity contribution in [1.82, 2.24) is 10.2 Å². The Morgan fingerprint density at radius 2 is 1.94 bits per heavy atom. The van der Waals surface area contributed by atoms with Gasteiger partial charge in [-0.15, -0.1) is 11.6 Å². The predicted octanol–water partition coefficient (Wildman–Crippen LogP) is 1.46. The summed E-state index contributed by atoms with van der Waals surface area (Å²) in [5.74, 6) is 0.614. The number of halogens is 1. The number of alkyl halides is 1. The number of likely N-dealkylation sites (tertiary alicyclic amines) is 1. The zero-order valence-electron chi connectivity index (χ0n) is 10.2. The van der Waals surface area contributed by atoms with E-state index in [0.29, 0.717) is 11.3 Å². The van der Waals surface area contributed by atoms with E-state index in [4.69, 9.17) is 11.6 Å². The molecule has 2 heterocycles. The molecule has 0 atom stereocenters. The highest BCUT2D eigenvalue weighted by molar-refractivity contribution is 6.19. The van der Waals surface area contributed by atoms with Crippen LogP contribution in [0.1, 0.15) is 26.7 Å². The predicted molar refractivity (Wildman–Crippen MR) is 65.6 cm³/mol. The van der Waals surface area contributed by atoms with E-state index >= 15 is 0 Å². The number of piperidine rings is 1. The summed E-state index contributed by atoms with van der Waals surface area (Å²) in [6, 6.07) is 0. The molecule has 0 unspecified atom stereocenters. The van der Waals surface area contributed by atoms with Crippen LogP contribution in [0.3, 0.4) is 0 Å². The molecule has 0 aromatic carbocycles. The number of hydrogen-bond donors (Lipinski definition) is 1. The Hall–Kier alpha value is -0.280. The van der Waals surface area contributed by atoms with Crippen LogP contribution in [0.25, 0.3) is 0 Å². The molecule has 0 aliphatic carbocycles. The van der Waals surface area contributed by atoms with Gasteiger partial charge in [-0.25, -0.2) is 0 Å². The van der Waals surface area contributed by atoms with Crippen LogP contribution in [0.5, 0.6) is 0 Å². The van der Waals surface area contributed by atoms with Crippen LogP contribution in [0.4, 0.5) is 0 Å². The maximum absolute atomic E-state index is 12.1. The van der Waals surface area contributed by atoms with Crippen LogP contribution in [0, 0.1) is 10.8 Å². The molecule has 2 fully saturated rings. The highest BCUT2D eigenvalue weighted by atomic mass is 35.5. The Morgan fingerprint density at radius 1 is 1.38 bits per heavy atom. The Bertz CT molecular complexity index is 277. The van der Waals surface area contributed by atoms with E-state index in [9.17, 15) is 4.79 Å². The van der Waals surface area contributed by atoms with Crippen molar-refractivity contribution >= 4 is 17.5 Å². The van der Waals surface area contributed by atoms with Gasteiger partial charge in [-0.2, -0.15) is 0 Å². The standard InChI is InChI=1S/C12H21ClN2O/c1-11(2,7-13)10(16)15-8-12(9-15)3-5-14-6-4-12/h14H,3-9H2,1-2H3. The lowest BCUT2D eigenvalue weighted by Crippen LogP contribution is -2.63. The molecule has 2 aliphatic rings. The first-order valence-electron chi connectivity index (χ1n) is 6.05. The van der Waals surface area contributed by atoms with E-state index < -0.39 is 5.41 Å². The molecule has 1 amide bonds. The SMILES string of the molecule is CC(C)(CCl)C(=O)N1CC2(CCNCC2)C1. The molecule has 4 heteroatoms. The summed E-state index contributed by atoms with van der Waals surface area (Å²) in [5, 5.41) is 3.37. The van der Waals surface area contributed by atoms with Crippen molar-refractivity contribution in [2.75, 3.05) is 32.1 Å². The molecule has 92 valence electrons. The molecular formula is C12H21ClN2O. The number of hydrogen-bond acceptors (Lipinski definition) is 2. The molecule has 3 nitrogen and oxygen atoms in total. The van der Waals surface area contributed by atoms with E-state index in [1.807, 2.05) is 18.7 Å². The third-order valence-corrected chi connectivity index (χ3v) is 4.59. The Balaban J connectivity index is 1.90. The van der Waals surface area contributed by atoms with Gasteiger partial charge in [0.15, 0.2) is 0 Å². The molecule has 0 saturated carbocycles. The number of amides is 1. The van der Waals surface area contributed by atoms with Crippen molar-refractivity contribution < 1.29 is 4.79 Å². The van der Waals surface area contributed by atoms with Gasteiger partial charge in [0.05, 0.1) is 5.41 Å². The highest BCUT2D eigenvalue weighted by Crippen LogP contribution is 2.40. The molecule has 2 rings (SSSR count). The average molecular weight is 245 g/mol. The van der Waals surface area contributed by atoms with Gasteiger partial charge >= 0.3 is 0 Å². The summed E-state index contributed by atoms with van der Waals surface area (Å²) in [6.07, 6.45) is 2.41. The average Bonchev–Trinajstić information content (AvgIpc) is 2.26. The van der Waals surface area contributed by atoms with Crippen molar-refractivity contribution in [3.05, 3.63) is 0 Å². The summed E-state index contributed by atoms with van der Waals surface area (Å²) in [5.41, 5.74) is 0.0133. The molecule has 1 spiro atoms. The van der Waals surface area contributed by atoms with Gasteiger partial charge in [0, 0.05) is 24.4 Å². The normalized spacial score (nSPS) is 24.3. The zero-order chi connectivity index (χ0) is 11.8. The Morgan fingerprint density at radius 3 is 2.44 bits per heavy atom. The number of rotatable bonds is 2. The van der Waals surface area contributed by atoms with Crippen molar-refractivity contribution in [2.24, 2.45) is 10.8 Å². The first kappa shape index (κ1) is 12.2. The molecule has 0 aromatic heterocycles. The molecule has 0 bridgehead atoms. The number of carbonyl (C=O) groups is 1.